The monoisotopic (exact) mass is 233 g/mol. The number of nitrogens with zero attached hydrogens (tertiary/aromatic N) is 1. The molecule has 1 aliphatic rings. The Kier molecular flexibility index (Phi) is 5.24. The van der Waals surface area contributed by atoms with E-state index in [0.29, 0.717) is 0 Å². The summed E-state index contributed by atoms with van der Waals surface area (Å²) >= 11 is 3.67. The van der Waals surface area contributed by atoms with E-state index in [1.807, 2.05) is 0 Å². The van der Waals surface area contributed by atoms with Gasteiger partial charge in [-0.3, -0.25) is 0 Å². The van der Waals surface area contributed by atoms with Crippen molar-refractivity contribution in [1.29, 1.82) is 0 Å². The molecule has 12 heavy (non-hydrogen) atoms. The van der Waals surface area contributed by atoms with Gasteiger partial charge in [0.05, 0.1) is 0 Å². The molecule has 0 aromatic heterocycles. The normalized spacial score (nSPS) is 21.5. The van der Waals surface area contributed by atoms with Gasteiger partial charge >= 0.3 is 0 Å². The summed E-state index contributed by atoms with van der Waals surface area (Å²) in [5, 5.41) is 0. The van der Waals surface area contributed by atoms with Crippen LogP contribution in [0.1, 0.15) is 39.0 Å². The molecule has 2 heteroatoms. The average molecular weight is 234 g/mol. The fourth-order valence-electron chi connectivity index (χ4n) is 1.71. The summed E-state index contributed by atoms with van der Waals surface area (Å²) in [6, 6.07) is 0. The first-order chi connectivity index (χ1) is 5.83. The Morgan fingerprint density at radius 2 is 1.92 bits per heavy atom. The van der Waals surface area contributed by atoms with Crippen LogP contribution in [-0.2, 0) is 0 Å². The summed E-state index contributed by atoms with van der Waals surface area (Å²) in [5.41, 5.74) is 0. The van der Waals surface area contributed by atoms with Crippen LogP contribution in [0, 0.1) is 0 Å². The summed E-state index contributed by atoms with van der Waals surface area (Å²) in [5.74, 6) is 0. The molecule has 0 amide bonds. The van der Waals surface area contributed by atoms with Crippen LogP contribution in [0.4, 0.5) is 0 Å². The van der Waals surface area contributed by atoms with E-state index in [2.05, 4.69) is 27.8 Å². The number of halogens is 1. The number of likely N-dealkylation sites (tertiary alicyclic amines) is 1. The third-order valence-electron chi connectivity index (χ3n) is 2.60. The molecule has 0 bridgehead atoms. The Labute approximate surface area is 84.6 Å². The Bertz CT molecular complexity index is 108. The van der Waals surface area contributed by atoms with E-state index >= 15 is 0 Å². The van der Waals surface area contributed by atoms with Gasteiger partial charge in [-0.15, -0.1) is 0 Å². The molecule has 1 nitrogen and oxygen atoms in total. The Morgan fingerprint density at radius 1 is 1.25 bits per heavy atom. The van der Waals surface area contributed by atoms with Crippen molar-refractivity contribution in [2.24, 2.45) is 0 Å². The molecule has 0 aromatic rings. The lowest BCUT2D eigenvalue weighted by molar-refractivity contribution is 0.230. The van der Waals surface area contributed by atoms with Crippen LogP contribution in [0.15, 0.2) is 0 Å². The van der Waals surface area contributed by atoms with Gasteiger partial charge < -0.3 is 4.90 Å². The van der Waals surface area contributed by atoms with Gasteiger partial charge in [0, 0.05) is 4.83 Å². The van der Waals surface area contributed by atoms with Crippen LogP contribution in [0.25, 0.3) is 0 Å². The standard InChI is InChI=1S/C10H20BrN/c1-2-3-4-7-12-8-5-10(11)6-9-12/h10H,2-9H2,1H3. The predicted octanol–water partition coefficient (Wildman–Crippen LogP) is 3.04. The summed E-state index contributed by atoms with van der Waals surface area (Å²) in [4.78, 5) is 3.40. The molecule has 72 valence electrons. The molecular formula is C10H20BrN. The zero-order chi connectivity index (χ0) is 8.81. The molecule has 0 aromatic carbocycles. The largest absolute Gasteiger partial charge is 0.303 e. The Balaban J connectivity index is 2.01. The minimum absolute atomic E-state index is 0.792. The van der Waals surface area contributed by atoms with Crippen LogP contribution in [0.2, 0.25) is 0 Å². The lowest BCUT2D eigenvalue weighted by atomic mass is 10.1. The van der Waals surface area contributed by atoms with Gasteiger partial charge in [0.1, 0.15) is 0 Å². The third kappa shape index (κ3) is 3.90. The van der Waals surface area contributed by atoms with Crippen molar-refractivity contribution < 1.29 is 0 Å². The maximum Gasteiger partial charge on any atom is 0.0170 e. The van der Waals surface area contributed by atoms with Gasteiger partial charge in [-0.2, -0.15) is 0 Å². The van der Waals surface area contributed by atoms with Gasteiger partial charge in [0.25, 0.3) is 0 Å². The number of piperidine rings is 1. The highest BCUT2D eigenvalue weighted by atomic mass is 79.9. The molecule has 1 rings (SSSR count). The van der Waals surface area contributed by atoms with E-state index in [1.54, 1.807) is 0 Å². The van der Waals surface area contributed by atoms with Crippen molar-refractivity contribution in [2.75, 3.05) is 19.6 Å². The fraction of sp³-hybridized carbons (Fsp3) is 1.00. The van der Waals surface area contributed by atoms with Crippen molar-refractivity contribution in [3.8, 4) is 0 Å². The molecule has 0 atom stereocenters. The minimum atomic E-state index is 0.792. The lowest BCUT2D eigenvalue weighted by Crippen LogP contribution is -2.34. The van der Waals surface area contributed by atoms with Crippen molar-refractivity contribution in [3.63, 3.8) is 0 Å². The van der Waals surface area contributed by atoms with Crippen LogP contribution in [0.5, 0.6) is 0 Å². The Morgan fingerprint density at radius 3 is 2.50 bits per heavy atom. The Hall–Kier alpha value is 0.440. The molecular weight excluding hydrogens is 214 g/mol. The molecule has 0 unspecified atom stereocenters. The number of rotatable bonds is 4. The van der Waals surface area contributed by atoms with Gasteiger partial charge in [0.2, 0.25) is 0 Å². The maximum atomic E-state index is 3.67. The summed E-state index contributed by atoms with van der Waals surface area (Å²) in [7, 11) is 0. The predicted molar refractivity (Wildman–Crippen MR) is 57.9 cm³/mol. The fourth-order valence-corrected chi connectivity index (χ4v) is 2.12. The first-order valence-corrected chi connectivity index (χ1v) is 6.11. The van der Waals surface area contributed by atoms with E-state index in [1.165, 1.54) is 51.7 Å². The first kappa shape index (κ1) is 10.5. The molecule has 1 saturated heterocycles. The minimum Gasteiger partial charge on any atom is -0.303 e. The SMILES string of the molecule is CCCCCN1CCC(Br)CC1. The summed E-state index contributed by atoms with van der Waals surface area (Å²) in [6.07, 6.45) is 6.81. The molecule has 0 spiro atoms. The van der Waals surface area contributed by atoms with Crippen molar-refractivity contribution in [1.82, 2.24) is 4.90 Å². The highest BCUT2D eigenvalue weighted by Gasteiger charge is 2.15. The smallest absolute Gasteiger partial charge is 0.0170 e. The van der Waals surface area contributed by atoms with Crippen molar-refractivity contribution in [3.05, 3.63) is 0 Å². The molecule has 0 saturated carbocycles. The van der Waals surface area contributed by atoms with E-state index < -0.39 is 0 Å². The lowest BCUT2D eigenvalue weighted by Gasteiger charge is -2.29. The molecule has 1 fully saturated rings. The highest BCUT2D eigenvalue weighted by Crippen LogP contribution is 2.17. The van der Waals surface area contributed by atoms with E-state index in [-0.39, 0.29) is 0 Å². The van der Waals surface area contributed by atoms with Crippen LogP contribution in [0.3, 0.4) is 0 Å². The second kappa shape index (κ2) is 5.98. The van der Waals surface area contributed by atoms with Crippen LogP contribution in [-0.4, -0.2) is 29.4 Å². The van der Waals surface area contributed by atoms with E-state index in [0.717, 1.165) is 4.83 Å². The number of alkyl halides is 1. The van der Waals surface area contributed by atoms with Crippen molar-refractivity contribution in [2.45, 2.75) is 43.9 Å². The molecule has 0 radical (unpaired) electrons. The average Bonchev–Trinajstić information content (AvgIpc) is 2.09. The molecule has 1 heterocycles. The van der Waals surface area contributed by atoms with Crippen LogP contribution >= 0.6 is 15.9 Å². The number of hydrogen-bond acceptors (Lipinski definition) is 1. The molecule has 0 N–H and O–H groups in total. The zero-order valence-corrected chi connectivity index (χ0v) is 9.65. The number of unbranched alkanes of at least 4 members (excludes halogenated alkanes) is 2. The van der Waals surface area contributed by atoms with Crippen molar-refractivity contribution >= 4 is 15.9 Å². The summed E-state index contributed by atoms with van der Waals surface area (Å²) < 4.78 is 0. The quantitative estimate of drug-likeness (QED) is 0.533. The second-order valence-corrected chi connectivity index (χ2v) is 5.02. The first-order valence-electron chi connectivity index (χ1n) is 5.19. The molecule has 1 aliphatic heterocycles. The van der Waals surface area contributed by atoms with Gasteiger partial charge in [-0.1, -0.05) is 35.7 Å². The zero-order valence-electron chi connectivity index (χ0n) is 8.06. The van der Waals surface area contributed by atoms with Crippen LogP contribution < -0.4 is 0 Å². The highest BCUT2D eigenvalue weighted by molar-refractivity contribution is 9.09. The van der Waals surface area contributed by atoms with Gasteiger partial charge in [-0.05, 0) is 38.9 Å². The van der Waals surface area contributed by atoms with E-state index in [4.69, 9.17) is 0 Å². The van der Waals surface area contributed by atoms with E-state index in [9.17, 15) is 0 Å². The molecule has 0 aliphatic carbocycles. The second-order valence-electron chi connectivity index (χ2n) is 3.72. The van der Waals surface area contributed by atoms with Gasteiger partial charge in [-0.25, -0.2) is 0 Å². The number of hydrogen-bond donors (Lipinski definition) is 0. The van der Waals surface area contributed by atoms with Gasteiger partial charge in [0.15, 0.2) is 0 Å². The topological polar surface area (TPSA) is 3.24 Å². The summed E-state index contributed by atoms with van der Waals surface area (Å²) in [6.45, 7) is 6.21. The third-order valence-corrected chi connectivity index (χ3v) is 3.51. The maximum absolute atomic E-state index is 3.67.